The summed E-state index contributed by atoms with van der Waals surface area (Å²) in [5, 5.41) is 9.97. The van der Waals surface area contributed by atoms with E-state index in [4.69, 9.17) is 5.41 Å². The first-order valence-corrected chi connectivity index (χ1v) is 5.89. The van der Waals surface area contributed by atoms with Crippen LogP contribution in [0.5, 0.6) is 0 Å². The molecule has 1 saturated heterocycles. The maximum absolute atomic E-state index is 11.4. The van der Waals surface area contributed by atoms with Gasteiger partial charge in [-0.3, -0.25) is 10.2 Å². The number of hydrogen-bond acceptors (Lipinski definition) is 3. The van der Waals surface area contributed by atoms with Crippen LogP contribution in [0.1, 0.15) is 18.1 Å². The third-order valence-corrected chi connectivity index (χ3v) is 3.18. The number of aryl methyl sites for hydroxylation is 1. The summed E-state index contributed by atoms with van der Waals surface area (Å²) in [6.07, 6.45) is 2.82. The van der Waals surface area contributed by atoms with Gasteiger partial charge in [0.2, 0.25) is 0 Å². The van der Waals surface area contributed by atoms with Crippen molar-refractivity contribution in [3.05, 3.63) is 40.3 Å². The summed E-state index contributed by atoms with van der Waals surface area (Å²) in [5.41, 5.74) is 2.27. The van der Waals surface area contributed by atoms with Crippen molar-refractivity contribution >= 4 is 28.9 Å². The average Bonchev–Trinajstić information content (AvgIpc) is 2.59. The molecule has 16 heavy (non-hydrogen) atoms. The number of amidine groups is 1. The number of hydrogen-bond donors (Lipinski definition) is 2. The fourth-order valence-electron chi connectivity index (χ4n) is 1.44. The van der Waals surface area contributed by atoms with Gasteiger partial charge in [-0.2, -0.15) is 0 Å². The van der Waals surface area contributed by atoms with E-state index in [1.54, 1.807) is 6.08 Å². The molecule has 2 N–H and O–H groups in total. The molecule has 1 aliphatic rings. The Morgan fingerprint density at radius 1 is 1.38 bits per heavy atom. The van der Waals surface area contributed by atoms with Crippen LogP contribution in [0.15, 0.2) is 29.2 Å². The van der Waals surface area contributed by atoms with Gasteiger partial charge in [-0.15, -0.1) is 0 Å². The number of nitrogens with one attached hydrogen (secondary N) is 2. The molecular formula is C12H12N2OS. The summed E-state index contributed by atoms with van der Waals surface area (Å²) in [5.74, 6) is -0.186. The van der Waals surface area contributed by atoms with Crippen molar-refractivity contribution in [2.45, 2.75) is 13.3 Å². The second-order valence-corrected chi connectivity index (χ2v) is 4.54. The van der Waals surface area contributed by atoms with E-state index < -0.39 is 0 Å². The van der Waals surface area contributed by atoms with Crippen molar-refractivity contribution in [1.82, 2.24) is 5.32 Å². The largest absolute Gasteiger partial charge is 0.301 e. The normalized spacial score (nSPS) is 17.9. The minimum absolute atomic E-state index is 0.186. The van der Waals surface area contributed by atoms with Crippen LogP contribution in [-0.2, 0) is 11.2 Å². The fourth-order valence-corrected chi connectivity index (χ4v) is 2.14. The second-order valence-electron chi connectivity index (χ2n) is 3.49. The highest BCUT2D eigenvalue weighted by atomic mass is 32.2. The Labute approximate surface area is 98.4 Å². The van der Waals surface area contributed by atoms with Crippen molar-refractivity contribution in [2.24, 2.45) is 0 Å². The van der Waals surface area contributed by atoms with E-state index >= 15 is 0 Å². The third-order valence-electron chi connectivity index (χ3n) is 2.35. The fraction of sp³-hybridized carbons (Fsp3) is 0.167. The van der Waals surface area contributed by atoms with Crippen LogP contribution < -0.4 is 5.32 Å². The van der Waals surface area contributed by atoms with E-state index in [1.165, 1.54) is 5.56 Å². The zero-order valence-corrected chi connectivity index (χ0v) is 9.73. The smallest absolute Gasteiger partial charge is 0.264 e. The molecule has 82 valence electrons. The SMILES string of the molecule is CCc1ccc(/C=C2\SC(=N)NC2=O)cc1. The molecule has 1 fully saturated rings. The van der Waals surface area contributed by atoms with E-state index in [2.05, 4.69) is 24.4 Å². The monoisotopic (exact) mass is 232 g/mol. The molecule has 0 radical (unpaired) electrons. The Kier molecular flexibility index (Phi) is 3.10. The highest BCUT2D eigenvalue weighted by Crippen LogP contribution is 2.24. The topological polar surface area (TPSA) is 53.0 Å². The molecular weight excluding hydrogens is 220 g/mol. The first-order valence-electron chi connectivity index (χ1n) is 5.07. The van der Waals surface area contributed by atoms with Crippen LogP contribution >= 0.6 is 11.8 Å². The van der Waals surface area contributed by atoms with Gasteiger partial charge in [0.05, 0.1) is 4.91 Å². The zero-order chi connectivity index (χ0) is 11.5. The van der Waals surface area contributed by atoms with Gasteiger partial charge in [0.25, 0.3) is 5.91 Å². The molecule has 1 aromatic carbocycles. The molecule has 0 aliphatic carbocycles. The van der Waals surface area contributed by atoms with Crippen molar-refractivity contribution in [2.75, 3.05) is 0 Å². The zero-order valence-electron chi connectivity index (χ0n) is 8.91. The first kappa shape index (κ1) is 11.0. The van der Waals surface area contributed by atoms with Crippen molar-refractivity contribution in [3.63, 3.8) is 0 Å². The molecule has 0 spiro atoms. The van der Waals surface area contributed by atoms with Gasteiger partial charge in [0, 0.05) is 0 Å². The van der Waals surface area contributed by atoms with Crippen molar-refractivity contribution in [1.29, 1.82) is 5.41 Å². The number of benzene rings is 1. The van der Waals surface area contributed by atoms with Gasteiger partial charge in [-0.1, -0.05) is 31.2 Å². The lowest BCUT2D eigenvalue weighted by atomic mass is 10.1. The molecule has 0 aromatic heterocycles. The molecule has 3 nitrogen and oxygen atoms in total. The Morgan fingerprint density at radius 3 is 2.56 bits per heavy atom. The van der Waals surface area contributed by atoms with Crippen LogP contribution in [-0.4, -0.2) is 11.1 Å². The molecule has 1 heterocycles. The standard InChI is InChI=1S/C12H12N2OS/c1-2-8-3-5-9(6-4-8)7-10-11(15)14-12(13)16-10/h3-7H,2H2,1H3,(H2,13,14,15)/b10-7-. The molecule has 0 unspecified atom stereocenters. The molecule has 1 aliphatic heterocycles. The quantitative estimate of drug-likeness (QED) is 0.769. The van der Waals surface area contributed by atoms with Crippen molar-refractivity contribution < 1.29 is 4.79 Å². The maximum Gasteiger partial charge on any atom is 0.264 e. The summed E-state index contributed by atoms with van der Waals surface area (Å²) in [6, 6.07) is 8.08. The van der Waals surface area contributed by atoms with Crippen LogP contribution in [0.25, 0.3) is 6.08 Å². The summed E-state index contributed by atoms with van der Waals surface area (Å²) in [7, 11) is 0. The number of thioether (sulfide) groups is 1. The average molecular weight is 232 g/mol. The van der Waals surface area contributed by atoms with E-state index in [0.29, 0.717) is 4.91 Å². The minimum atomic E-state index is -0.186. The summed E-state index contributed by atoms with van der Waals surface area (Å²) in [6.45, 7) is 2.11. The number of amides is 1. The van der Waals surface area contributed by atoms with Gasteiger partial charge < -0.3 is 5.32 Å². The Hall–Kier alpha value is -1.55. The van der Waals surface area contributed by atoms with Crippen molar-refractivity contribution in [3.8, 4) is 0 Å². The number of carbonyl (C=O) groups is 1. The van der Waals surface area contributed by atoms with E-state index in [0.717, 1.165) is 23.7 Å². The molecule has 1 amide bonds. The highest BCUT2D eigenvalue weighted by molar-refractivity contribution is 8.18. The maximum atomic E-state index is 11.4. The highest BCUT2D eigenvalue weighted by Gasteiger charge is 2.21. The van der Waals surface area contributed by atoms with Gasteiger partial charge >= 0.3 is 0 Å². The predicted octanol–water partition coefficient (Wildman–Crippen LogP) is 2.39. The summed E-state index contributed by atoms with van der Waals surface area (Å²) >= 11 is 1.16. The van der Waals surface area contributed by atoms with Gasteiger partial charge in [0.1, 0.15) is 0 Å². The molecule has 1 aromatic rings. The number of carbonyl (C=O) groups excluding carboxylic acids is 1. The first-order chi connectivity index (χ1) is 7.69. The molecule has 0 bridgehead atoms. The Bertz CT molecular complexity index is 462. The lowest BCUT2D eigenvalue weighted by molar-refractivity contribution is -0.115. The van der Waals surface area contributed by atoms with E-state index in [1.807, 2.05) is 12.1 Å². The van der Waals surface area contributed by atoms with Gasteiger partial charge in [0.15, 0.2) is 5.17 Å². The summed E-state index contributed by atoms with van der Waals surface area (Å²) < 4.78 is 0. The molecule has 2 rings (SSSR count). The molecule has 0 atom stereocenters. The van der Waals surface area contributed by atoms with Crippen LogP contribution in [0.2, 0.25) is 0 Å². The van der Waals surface area contributed by atoms with Crippen LogP contribution in [0, 0.1) is 5.41 Å². The van der Waals surface area contributed by atoms with Crippen LogP contribution in [0.3, 0.4) is 0 Å². The minimum Gasteiger partial charge on any atom is -0.301 e. The Morgan fingerprint density at radius 2 is 2.06 bits per heavy atom. The van der Waals surface area contributed by atoms with Gasteiger partial charge in [-0.25, -0.2) is 0 Å². The van der Waals surface area contributed by atoms with Gasteiger partial charge in [-0.05, 0) is 35.4 Å². The van der Waals surface area contributed by atoms with E-state index in [-0.39, 0.29) is 11.1 Å². The lowest BCUT2D eigenvalue weighted by Gasteiger charge is -1.98. The van der Waals surface area contributed by atoms with Crippen LogP contribution in [0.4, 0.5) is 0 Å². The molecule has 4 heteroatoms. The predicted molar refractivity (Wildman–Crippen MR) is 67.3 cm³/mol. The Balaban J connectivity index is 2.22. The number of rotatable bonds is 2. The molecule has 0 saturated carbocycles. The third kappa shape index (κ3) is 2.33. The summed E-state index contributed by atoms with van der Waals surface area (Å²) in [4.78, 5) is 11.9. The van der Waals surface area contributed by atoms with E-state index in [9.17, 15) is 4.79 Å². The lowest BCUT2D eigenvalue weighted by Crippen LogP contribution is -2.18. The second kappa shape index (κ2) is 4.53.